The lowest BCUT2D eigenvalue weighted by atomic mass is 9.75. The Kier molecular flexibility index (Phi) is 4.06. The van der Waals surface area contributed by atoms with E-state index in [1.165, 1.54) is 19.3 Å². The van der Waals surface area contributed by atoms with E-state index in [0.29, 0.717) is 13.2 Å². The topological polar surface area (TPSA) is 64.9 Å². The third-order valence-electron chi connectivity index (χ3n) is 3.69. The summed E-state index contributed by atoms with van der Waals surface area (Å²) in [6, 6.07) is 0. The second kappa shape index (κ2) is 5.55. The normalized spacial score (nSPS) is 18.0. The molecular formula is C11H21N5O. The first kappa shape index (κ1) is 12.4. The highest BCUT2D eigenvalue weighted by Gasteiger charge is 2.39. The minimum absolute atomic E-state index is 0.182. The van der Waals surface area contributed by atoms with E-state index in [4.69, 9.17) is 4.74 Å². The number of tetrazole rings is 1. The van der Waals surface area contributed by atoms with Crippen molar-refractivity contribution in [3.63, 3.8) is 0 Å². The van der Waals surface area contributed by atoms with Crippen molar-refractivity contribution >= 4 is 0 Å². The summed E-state index contributed by atoms with van der Waals surface area (Å²) >= 11 is 0. The highest BCUT2D eigenvalue weighted by atomic mass is 16.5. The van der Waals surface area contributed by atoms with Crippen LogP contribution in [-0.2, 0) is 16.8 Å². The van der Waals surface area contributed by atoms with Crippen LogP contribution in [0.5, 0.6) is 0 Å². The van der Waals surface area contributed by atoms with Gasteiger partial charge in [0.1, 0.15) is 0 Å². The summed E-state index contributed by atoms with van der Waals surface area (Å²) in [7, 11) is 1.70. The Hall–Kier alpha value is -1.01. The third kappa shape index (κ3) is 2.47. The average Bonchev–Trinajstić information content (AvgIpc) is 2.73. The second-order valence-corrected chi connectivity index (χ2v) is 4.61. The van der Waals surface area contributed by atoms with Crippen LogP contribution in [0.3, 0.4) is 0 Å². The van der Waals surface area contributed by atoms with Gasteiger partial charge in [0.15, 0.2) is 5.82 Å². The molecule has 0 aromatic carbocycles. The van der Waals surface area contributed by atoms with E-state index in [-0.39, 0.29) is 5.54 Å². The molecule has 1 aliphatic rings. The van der Waals surface area contributed by atoms with Gasteiger partial charge in [-0.2, -0.15) is 0 Å². The number of hydrogen-bond acceptors (Lipinski definition) is 5. The molecule has 0 atom stereocenters. The second-order valence-electron chi connectivity index (χ2n) is 4.61. The molecule has 1 aromatic rings. The molecule has 1 aliphatic carbocycles. The zero-order valence-electron chi connectivity index (χ0n) is 10.6. The minimum atomic E-state index is 0.182. The van der Waals surface area contributed by atoms with E-state index in [0.717, 1.165) is 18.8 Å². The molecule has 0 aliphatic heterocycles. The van der Waals surface area contributed by atoms with Gasteiger partial charge in [-0.3, -0.25) is 0 Å². The molecular weight excluding hydrogens is 218 g/mol. The summed E-state index contributed by atoms with van der Waals surface area (Å²) in [4.78, 5) is 0. The lowest BCUT2D eigenvalue weighted by Gasteiger charge is -2.41. The first-order valence-corrected chi connectivity index (χ1v) is 6.30. The van der Waals surface area contributed by atoms with Crippen molar-refractivity contribution in [2.75, 3.05) is 20.3 Å². The van der Waals surface area contributed by atoms with Gasteiger partial charge in [0.2, 0.25) is 0 Å². The van der Waals surface area contributed by atoms with Gasteiger partial charge in [0.25, 0.3) is 0 Å². The Labute approximate surface area is 102 Å². The number of rotatable bonds is 7. The van der Waals surface area contributed by atoms with Gasteiger partial charge in [0, 0.05) is 13.7 Å². The van der Waals surface area contributed by atoms with Crippen LogP contribution in [0.1, 0.15) is 38.4 Å². The Bertz CT molecular complexity index is 342. The van der Waals surface area contributed by atoms with Gasteiger partial charge in [0.05, 0.1) is 18.7 Å². The maximum absolute atomic E-state index is 4.99. The van der Waals surface area contributed by atoms with Crippen LogP contribution in [0.15, 0.2) is 0 Å². The predicted molar refractivity (Wildman–Crippen MR) is 63.5 cm³/mol. The maximum Gasteiger partial charge on any atom is 0.165 e. The highest BCUT2D eigenvalue weighted by molar-refractivity contribution is 4.97. The average molecular weight is 239 g/mol. The van der Waals surface area contributed by atoms with Gasteiger partial charge in [-0.15, -0.1) is 5.10 Å². The van der Waals surface area contributed by atoms with Crippen LogP contribution >= 0.6 is 0 Å². The Morgan fingerprint density at radius 3 is 2.88 bits per heavy atom. The Morgan fingerprint density at radius 2 is 2.29 bits per heavy atom. The predicted octanol–water partition coefficient (Wildman–Crippen LogP) is 0.698. The molecule has 0 amide bonds. The summed E-state index contributed by atoms with van der Waals surface area (Å²) in [6.45, 7) is 4.45. The fourth-order valence-electron chi connectivity index (χ4n) is 2.36. The SMILES string of the molecule is CCC1(n2nnnc2CNCCOC)CCC1. The molecule has 1 fully saturated rings. The van der Waals surface area contributed by atoms with E-state index in [9.17, 15) is 0 Å². The smallest absolute Gasteiger partial charge is 0.165 e. The van der Waals surface area contributed by atoms with Crippen LogP contribution in [0.25, 0.3) is 0 Å². The van der Waals surface area contributed by atoms with Crippen molar-refractivity contribution in [1.82, 2.24) is 25.5 Å². The third-order valence-corrected chi connectivity index (χ3v) is 3.69. The van der Waals surface area contributed by atoms with Gasteiger partial charge >= 0.3 is 0 Å². The Morgan fingerprint density at radius 1 is 1.47 bits per heavy atom. The van der Waals surface area contributed by atoms with E-state index < -0.39 is 0 Å². The molecule has 0 unspecified atom stereocenters. The molecule has 0 spiro atoms. The molecule has 6 heteroatoms. The number of nitrogens with one attached hydrogen (secondary N) is 1. The lowest BCUT2D eigenvalue weighted by Crippen LogP contribution is -2.42. The molecule has 1 saturated carbocycles. The van der Waals surface area contributed by atoms with Gasteiger partial charge in [-0.05, 0) is 36.1 Å². The molecule has 1 N–H and O–H groups in total. The van der Waals surface area contributed by atoms with Crippen molar-refractivity contribution in [2.45, 2.75) is 44.7 Å². The summed E-state index contributed by atoms with van der Waals surface area (Å²) < 4.78 is 7.02. The molecule has 1 aromatic heterocycles. The molecule has 17 heavy (non-hydrogen) atoms. The van der Waals surface area contributed by atoms with Crippen molar-refractivity contribution in [3.05, 3.63) is 5.82 Å². The summed E-state index contributed by atoms with van der Waals surface area (Å²) in [5.41, 5.74) is 0.182. The summed E-state index contributed by atoms with van der Waals surface area (Å²) in [6.07, 6.45) is 4.77. The minimum Gasteiger partial charge on any atom is -0.383 e. The maximum atomic E-state index is 4.99. The van der Waals surface area contributed by atoms with Crippen LogP contribution < -0.4 is 5.32 Å². The van der Waals surface area contributed by atoms with Crippen molar-refractivity contribution in [2.24, 2.45) is 0 Å². The van der Waals surface area contributed by atoms with Crippen molar-refractivity contribution in [1.29, 1.82) is 0 Å². The molecule has 96 valence electrons. The van der Waals surface area contributed by atoms with E-state index in [2.05, 4.69) is 27.8 Å². The first-order chi connectivity index (χ1) is 8.32. The number of ether oxygens (including phenoxy) is 1. The molecule has 6 nitrogen and oxygen atoms in total. The van der Waals surface area contributed by atoms with Gasteiger partial charge in [-0.1, -0.05) is 6.92 Å². The van der Waals surface area contributed by atoms with E-state index in [1.54, 1.807) is 7.11 Å². The summed E-state index contributed by atoms with van der Waals surface area (Å²) in [5, 5.41) is 15.4. The zero-order valence-corrected chi connectivity index (χ0v) is 10.6. The molecule has 2 rings (SSSR count). The molecule has 0 bridgehead atoms. The highest BCUT2D eigenvalue weighted by Crippen LogP contribution is 2.41. The Balaban J connectivity index is 1.96. The molecule has 0 radical (unpaired) electrons. The standard InChI is InChI=1S/C11H21N5O/c1-3-11(5-4-6-11)16-10(13-14-15-16)9-12-7-8-17-2/h12H,3-9H2,1-2H3. The van der Waals surface area contributed by atoms with Gasteiger partial charge in [-0.25, -0.2) is 4.68 Å². The molecule has 1 heterocycles. The van der Waals surface area contributed by atoms with E-state index in [1.807, 2.05) is 4.68 Å². The van der Waals surface area contributed by atoms with Crippen LogP contribution in [-0.4, -0.2) is 40.5 Å². The summed E-state index contributed by atoms with van der Waals surface area (Å²) in [5.74, 6) is 0.933. The van der Waals surface area contributed by atoms with Crippen LogP contribution in [0.2, 0.25) is 0 Å². The molecule has 0 saturated heterocycles. The number of hydrogen-bond donors (Lipinski definition) is 1. The van der Waals surface area contributed by atoms with Crippen molar-refractivity contribution < 1.29 is 4.74 Å². The zero-order chi connectivity index (χ0) is 12.1. The van der Waals surface area contributed by atoms with Crippen LogP contribution in [0, 0.1) is 0 Å². The quantitative estimate of drug-likeness (QED) is 0.709. The number of methoxy groups -OCH3 is 1. The fourth-order valence-corrected chi connectivity index (χ4v) is 2.36. The van der Waals surface area contributed by atoms with Crippen molar-refractivity contribution in [3.8, 4) is 0 Å². The largest absolute Gasteiger partial charge is 0.383 e. The van der Waals surface area contributed by atoms with Crippen LogP contribution in [0.4, 0.5) is 0 Å². The monoisotopic (exact) mass is 239 g/mol. The lowest BCUT2D eigenvalue weighted by molar-refractivity contribution is 0.110. The van der Waals surface area contributed by atoms with E-state index >= 15 is 0 Å². The first-order valence-electron chi connectivity index (χ1n) is 6.30. The fraction of sp³-hybridized carbons (Fsp3) is 0.909. The van der Waals surface area contributed by atoms with Gasteiger partial charge < -0.3 is 10.1 Å². The number of nitrogens with zero attached hydrogens (tertiary/aromatic N) is 4. The number of aromatic nitrogens is 4.